The smallest absolute Gasteiger partial charge is 0.328 e. The third kappa shape index (κ3) is 6.48. The number of amides is 3. The van der Waals surface area contributed by atoms with Crippen LogP contribution in [0.2, 0.25) is 0 Å². The summed E-state index contributed by atoms with van der Waals surface area (Å²) >= 11 is 0. The monoisotopic (exact) mass is 523 g/mol. The van der Waals surface area contributed by atoms with E-state index >= 15 is 0 Å². The molecular weight excluding hydrogens is 494 g/mol. The molecule has 2 atom stereocenters. The Morgan fingerprint density at radius 3 is 2.15 bits per heavy atom. The van der Waals surface area contributed by atoms with Crippen LogP contribution in [0.15, 0.2) is 91.0 Å². The number of rotatable bonds is 9. The molecule has 0 unspecified atom stereocenters. The summed E-state index contributed by atoms with van der Waals surface area (Å²) in [7, 11) is 0. The number of fused-ring (bicyclic) bond motifs is 1. The zero-order chi connectivity index (χ0) is 27.9. The SMILES string of the molecule is Cc1cc(C(=O)N[C@H](C)c2cccc3ccccc23)ccc1C(=O)N[C@@H](CNC(=O)c1ccccc1)C(=O)O. The van der Waals surface area contributed by atoms with Crippen molar-refractivity contribution < 1.29 is 24.3 Å². The van der Waals surface area contributed by atoms with Crippen molar-refractivity contribution in [2.75, 3.05) is 6.54 Å². The molecule has 0 heterocycles. The third-order valence-electron chi connectivity index (χ3n) is 6.48. The summed E-state index contributed by atoms with van der Waals surface area (Å²) in [4.78, 5) is 49.9. The Labute approximate surface area is 226 Å². The van der Waals surface area contributed by atoms with Crippen molar-refractivity contribution in [2.45, 2.75) is 25.9 Å². The highest BCUT2D eigenvalue weighted by Gasteiger charge is 2.23. The zero-order valence-electron chi connectivity index (χ0n) is 21.6. The molecule has 0 aromatic heterocycles. The summed E-state index contributed by atoms with van der Waals surface area (Å²) in [5.41, 5.74) is 2.49. The Morgan fingerprint density at radius 1 is 0.744 bits per heavy atom. The van der Waals surface area contributed by atoms with Crippen LogP contribution in [-0.4, -0.2) is 41.4 Å². The molecule has 4 N–H and O–H groups in total. The molecule has 0 bridgehead atoms. The van der Waals surface area contributed by atoms with Gasteiger partial charge in [-0.15, -0.1) is 0 Å². The van der Waals surface area contributed by atoms with Crippen LogP contribution in [0.5, 0.6) is 0 Å². The molecule has 0 aliphatic heterocycles. The summed E-state index contributed by atoms with van der Waals surface area (Å²) in [5.74, 6) is -2.64. The minimum atomic E-state index is -1.34. The predicted molar refractivity (Wildman–Crippen MR) is 149 cm³/mol. The largest absolute Gasteiger partial charge is 0.480 e. The van der Waals surface area contributed by atoms with Crippen molar-refractivity contribution in [3.05, 3.63) is 119 Å². The maximum Gasteiger partial charge on any atom is 0.328 e. The Bertz CT molecular complexity index is 1530. The number of aryl methyl sites for hydroxylation is 1. The number of hydrogen-bond donors (Lipinski definition) is 4. The molecule has 4 rings (SSSR count). The molecule has 4 aromatic carbocycles. The Morgan fingerprint density at radius 2 is 1.44 bits per heavy atom. The lowest BCUT2D eigenvalue weighted by molar-refractivity contribution is -0.139. The fourth-order valence-electron chi connectivity index (χ4n) is 4.37. The molecule has 0 fully saturated rings. The van der Waals surface area contributed by atoms with E-state index in [4.69, 9.17) is 0 Å². The van der Waals surface area contributed by atoms with Crippen molar-refractivity contribution in [2.24, 2.45) is 0 Å². The maximum atomic E-state index is 13.0. The second-order valence-electron chi connectivity index (χ2n) is 9.23. The molecule has 0 radical (unpaired) electrons. The van der Waals surface area contributed by atoms with E-state index in [9.17, 15) is 24.3 Å². The van der Waals surface area contributed by atoms with Crippen LogP contribution in [-0.2, 0) is 4.79 Å². The average molecular weight is 524 g/mol. The van der Waals surface area contributed by atoms with E-state index in [1.54, 1.807) is 43.3 Å². The van der Waals surface area contributed by atoms with Crippen molar-refractivity contribution in [3.63, 3.8) is 0 Å². The second-order valence-corrected chi connectivity index (χ2v) is 9.23. The van der Waals surface area contributed by atoms with Crippen LogP contribution in [0, 0.1) is 6.92 Å². The van der Waals surface area contributed by atoms with E-state index in [0.717, 1.165) is 16.3 Å². The highest BCUT2D eigenvalue weighted by atomic mass is 16.4. The first-order valence-corrected chi connectivity index (χ1v) is 12.5. The Balaban J connectivity index is 1.41. The van der Waals surface area contributed by atoms with Crippen LogP contribution in [0.1, 0.15) is 55.2 Å². The van der Waals surface area contributed by atoms with E-state index in [-0.39, 0.29) is 24.1 Å². The molecule has 8 nitrogen and oxygen atoms in total. The number of carbonyl (C=O) groups excluding carboxylic acids is 3. The van der Waals surface area contributed by atoms with Crippen molar-refractivity contribution >= 4 is 34.5 Å². The molecule has 0 aliphatic rings. The first-order chi connectivity index (χ1) is 18.7. The van der Waals surface area contributed by atoms with Crippen molar-refractivity contribution in [1.82, 2.24) is 16.0 Å². The number of carboxylic acid groups (broad SMARTS) is 1. The third-order valence-corrected chi connectivity index (χ3v) is 6.48. The molecule has 3 amide bonds. The van der Waals surface area contributed by atoms with E-state index in [2.05, 4.69) is 16.0 Å². The van der Waals surface area contributed by atoms with Crippen LogP contribution in [0.4, 0.5) is 0 Å². The van der Waals surface area contributed by atoms with Crippen LogP contribution in [0.3, 0.4) is 0 Å². The standard InChI is InChI=1S/C31H29N3O5/c1-19-17-23(29(36)33-20(2)25-14-8-12-21-9-6-7-13-26(21)25)15-16-24(19)30(37)34-27(31(38)39)18-32-28(35)22-10-4-3-5-11-22/h3-17,20,27H,18H2,1-2H3,(H,32,35)(H,33,36)(H,34,37)(H,38,39)/t20-,27+/m1/s1. The van der Waals surface area contributed by atoms with Crippen LogP contribution < -0.4 is 16.0 Å². The maximum absolute atomic E-state index is 13.0. The molecule has 0 aliphatic carbocycles. The quantitative estimate of drug-likeness (QED) is 0.261. The van der Waals surface area contributed by atoms with Crippen LogP contribution >= 0.6 is 0 Å². The number of carbonyl (C=O) groups is 4. The minimum Gasteiger partial charge on any atom is -0.480 e. The summed E-state index contributed by atoms with van der Waals surface area (Å²) in [6.45, 7) is 3.30. The first kappa shape index (κ1) is 27.1. The van der Waals surface area contributed by atoms with Gasteiger partial charge in [-0.1, -0.05) is 60.7 Å². The molecule has 198 valence electrons. The number of nitrogens with one attached hydrogen (secondary N) is 3. The zero-order valence-corrected chi connectivity index (χ0v) is 21.6. The normalized spacial score (nSPS) is 12.3. The predicted octanol–water partition coefficient (Wildman–Crippen LogP) is 4.25. The van der Waals surface area contributed by atoms with Gasteiger partial charge in [0.1, 0.15) is 6.04 Å². The Kier molecular flexibility index (Phi) is 8.36. The molecule has 4 aromatic rings. The molecule has 8 heteroatoms. The van der Waals surface area contributed by atoms with E-state index in [1.807, 2.05) is 49.4 Å². The number of aliphatic carboxylic acids is 1. The topological polar surface area (TPSA) is 125 Å². The first-order valence-electron chi connectivity index (χ1n) is 12.5. The summed E-state index contributed by atoms with van der Waals surface area (Å²) in [5, 5.41) is 19.7. The van der Waals surface area contributed by atoms with Crippen molar-refractivity contribution in [3.8, 4) is 0 Å². The molecule has 39 heavy (non-hydrogen) atoms. The van der Waals surface area contributed by atoms with Crippen LogP contribution in [0.25, 0.3) is 10.8 Å². The number of carboxylic acids is 1. The lowest BCUT2D eigenvalue weighted by Gasteiger charge is -2.18. The average Bonchev–Trinajstić information content (AvgIpc) is 2.94. The second kappa shape index (κ2) is 12.0. The lowest BCUT2D eigenvalue weighted by Crippen LogP contribution is -2.48. The number of benzene rings is 4. The van der Waals surface area contributed by atoms with Gasteiger partial charge in [0.15, 0.2) is 0 Å². The van der Waals surface area contributed by atoms with Gasteiger partial charge in [-0.25, -0.2) is 4.79 Å². The van der Waals surface area contributed by atoms with Gasteiger partial charge < -0.3 is 21.1 Å². The van der Waals surface area contributed by atoms with Gasteiger partial charge in [-0.05, 0) is 66.1 Å². The summed E-state index contributed by atoms with van der Waals surface area (Å²) in [6, 6.07) is 25.3. The molecular formula is C31H29N3O5. The lowest BCUT2D eigenvalue weighted by atomic mass is 9.99. The van der Waals surface area contributed by atoms with Crippen molar-refractivity contribution in [1.29, 1.82) is 0 Å². The Hall–Kier alpha value is -4.98. The van der Waals surface area contributed by atoms with Gasteiger partial charge >= 0.3 is 5.97 Å². The molecule has 0 saturated carbocycles. The van der Waals surface area contributed by atoms with Gasteiger partial charge in [0.25, 0.3) is 17.7 Å². The number of hydrogen-bond acceptors (Lipinski definition) is 4. The fraction of sp³-hybridized carbons (Fsp3) is 0.161. The highest BCUT2D eigenvalue weighted by molar-refractivity contribution is 6.01. The summed E-state index contributed by atoms with van der Waals surface area (Å²) < 4.78 is 0. The van der Waals surface area contributed by atoms with E-state index in [0.29, 0.717) is 16.7 Å². The van der Waals surface area contributed by atoms with Gasteiger partial charge in [0.05, 0.1) is 6.04 Å². The fourth-order valence-corrected chi connectivity index (χ4v) is 4.37. The van der Waals surface area contributed by atoms with Gasteiger partial charge in [-0.2, -0.15) is 0 Å². The molecule has 0 saturated heterocycles. The summed E-state index contributed by atoms with van der Waals surface area (Å²) in [6.07, 6.45) is 0. The van der Waals surface area contributed by atoms with Gasteiger partial charge in [0.2, 0.25) is 0 Å². The van der Waals surface area contributed by atoms with Gasteiger partial charge in [-0.3, -0.25) is 14.4 Å². The van der Waals surface area contributed by atoms with Gasteiger partial charge in [0, 0.05) is 23.2 Å². The highest BCUT2D eigenvalue weighted by Crippen LogP contribution is 2.24. The molecule has 0 spiro atoms. The minimum absolute atomic E-state index is 0.231. The van der Waals surface area contributed by atoms with E-state index < -0.39 is 23.8 Å². The van der Waals surface area contributed by atoms with E-state index in [1.165, 1.54) is 12.1 Å².